The minimum absolute atomic E-state index is 0.0352. The number of rotatable bonds is 11. The number of carbonyl (C=O) groups is 3. The molecule has 1 atom stereocenters. The summed E-state index contributed by atoms with van der Waals surface area (Å²) in [6.45, 7) is 18.1. The highest BCUT2D eigenvalue weighted by molar-refractivity contribution is 5.87. The summed E-state index contributed by atoms with van der Waals surface area (Å²) < 4.78 is 15.4. The summed E-state index contributed by atoms with van der Waals surface area (Å²) in [5.41, 5.74) is -0.564. The number of amides is 1. The number of alkyl carbamates (subject to hydrolysis) is 1. The van der Waals surface area contributed by atoms with E-state index in [0.29, 0.717) is 18.4 Å². The Balaban J connectivity index is 5.04. The molecule has 1 N–H and O–H groups in total. The molecule has 0 rings (SSSR count). The SMILES string of the molecule is C=C(C)C(=O)OCCC(C)(C)CC(C)(COC(=O)C(=C)C)NC(=O)OCC. The van der Waals surface area contributed by atoms with E-state index in [1.165, 1.54) is 0 Å². The average Bonchev–Trinajstić information content (AvgIpc) is 2.51. The van der Waals surface area contributed by atoms with Crippen molar-refractivity contribution in [2.24, 2.45) is 5.41 Å². The maximum Gasteiger partial charge on any atom is 0.407 e. The molecule has 0 bridgehead atoms. The molecule has 0 heterocycles. The van der Waals surface area contributed by atoms with E-state index >= 15 is 0 Å². The van der Waals surface area contributed by atoms with Crippen molar-refractivity contribution in [2.75, 3.05) is 19.8 Å². The fourth-order valence-corrected chi connectivity index (χ4v) is 2.58. The standard InChI is InChI=1S/C20H33NO6/c1-9-25-18(24)21-20(8,13-27-17(23)15(4)5)12-19(6,7)10-11-26-16(22)14(2)3/h2,4,9-13H2,1,3,5-8H3,(H,21,24). The van der Waals surface area contributed by atoms with E-state index in [1.807, 2.05) is 13.8 Å². The van der Waals surface area contributed by atoms with E-state index in [9.17, 15) is 14.4 Å². The van der Waals surface area contributed by atoms with Gasteiger partial charge in [0.25, 0.3) is 0 Å². The van der Waals surface area contributed by atoms with Gasteiger partial charge < -0.3 is 19.5 Å². The number of ether oxygens (including phenoxy) is 3. The van der Waals surface area contributed by atoms with Gasteiger partial charge in [-0.15, -0.1) is 0 Å². The Hall–Kier alpha value is -2.31. The minimum atomic E-state index is -0.862. The van der Waals surface area contributed by atoms with Gasteiger partial charge in [0.15, 0.2) is 0 Å². The minimum Gasteiger partial charge on any atom is -0.462 e. The van der Waals surface area contributed by atoms with Gasteiger partial charge in [0.05, 0.1) is 18.8 Å². The van der Waals surface area contributed by atoms with E-state index in [-0.39, 0.29) is 30.8 Å². The van der Waals surface area contributed by atoms with Gasteiger partial charge in [0, 0.05) is 11.1 Å². The molecular weight excluding hydrogens is 350 g/mol. The zero-order chi connectivity index (χ0) is 21.3. The number of hydrogen-bond acceptors (Lipinski definition) is 6. The van der Waals surface area contributed by atoms with E-state index in [1.54, 1.807) is 27.7 Å². The first kappa shape index (κ1) is 24.7. The lowest BCUT2D eigenvalue weighted by molar-refractivity contribution is -0.142. The monoisotopic (exact) mass is 383 g/mol. The van der Waals surface area contributed by atoms with E-state index in [4.69, 9.17) is 14.2 Å². The summed E-state index contributed by atoms with van der Waals surface area (Å²) in [5.74, 6) is -0.964. The third kappa shape index (κ3) is 10.4. The van der Waals surface area contributed by atoms with Crippen LogP contribution in [0.4, 0.5) is 4.79 Å². The highest BCUT2D eigenvalue weighted by Gasteiger charge is 2.36. The van der Waals surface area contributed by atoms with Crippen LogP contribution in [0.3, 0.4) is 0 Å². The zero-order valence-electron chi connectivity index (χ0n) is 17.4. The summed E-state index contributed by atoms with van der Waals surface area (Å²) in [6.07, 6.45) is 0.434. The van der Waals surface area contributed by atoms with Crippen LogP contribution in [0.25, 0.3) is 0 Å². The van der Waals surface area contributed by atoms with Gasteiger partial charge >= 0.3 is 18.0 Å². The van der Waals surface area contributed by atoms with Crippen LogP contribution in [0.2, 0.25) is 0 Å². The molecule has 0 saturated carbocycles. The van der Waals surface area contributed by atoms with Crippen LogP contribution in [-0.2, 0) is 23.8 Å². The van der Waals surface area contributed by atoms with Crippen LogP contribution in [0.5, 0.6) is 0 Å². The van der Waals surface area contributed by atoms with Gasteiger partial charge in [-0.25, -0.2) is 14.4 Å². The van der Waals surface area contributed by atoms with Gasteiger partial charge in [-0.1, -0.05) is 27.0 Å². The first-order valence-corrected chi connectivity index (χ1v) is 8.92. The van der Waals surface area contributed by atoms with E-state index in [2.05, 4.69) is 18.5 Å². The molecule has 0 spiro atoms. The fourth-order valence-electron chi connectivity index (χ4n) is 2.58. The average molecular weight is 383 g/mol. The van der Waals surface area contributed by atoms with Gasteiger partial charge in [-0.05, 0) is 46.0 Å². The molecule has 0 saturated heterocycles. The smallest absolute Gasteiger partial charge is 0.407 e. The molecule has 7 heteroatoms. The Morgan fingerprint density at radius 1 is 0.926 bits per heavy atom. The van der Waals surface area contributed by atoms with E-state index in [0.717, 1.165) is 0 Å². The van der Waals surface area contributed by atoms with Gasteiger partial charge in [-0.3, -0.25) is 0 Å². The zero-order valence-corrected chi connectivity index (χ0v) is 17.4. The fraction of sp³-hybridized carbons (Fsp3) is 0.650. The van der Waals surface area contributed by atoms with Crippen LogP contribution >= 0.6 is 0 Å². The second-order valence-electron chi connectivity index (χ2n) is 7.77. The molecule has 0 aliphatic rings. The molecule has 0 aliphatic heterocycles. The maximum atomic E-state index is 11.9. The van der Waals surface area contributed by atoms with Crippen molar-refractivity contribution in [1.82, 2.24) is 5.32 Å². The van der Waals surface area contributed by atoms with E-state index < -0.39 is 23.6 Å². The number of nitrogens with one attached hydrogen (secondary N) is 1. The summed E-state index contributed by atoms with van der Waals surface area (Å²) in [6, 6.07) is 0. The highest BCUT2D eigenvalue weighted by atomic mass is 16.6. The molecule has 0 fully saturated rings. The lowest BCUT2D eigenvalue weighted by Gasteiger charge is -2.37. The van der Waals surface area contributed by atoms with Crippen LogP contribution in [0.1, 0.15) is 54.4 Å². The number of hydrogen-bond donors (Lipinski definition) is 1. The summed E-state index contributed by atoms with van der Waals surface area (Å²) in [5, 5.41) is 2.77. The number of carbonyl (C=O) groups excluding carboxylic acids is 3. The summed E-state index contributed by atoms with van der Waals surface area (Å²) in [7, 11) is 0. The van der Waals surface area contributed by atoms with Crippen molar-refractivity contribution in [3.05, 3.63) is 24.3 Å². The first-order valence-electron chi connectivity index (χ1n) is 8.92. The second kappa shape index (κ2) is 10.7. The van der Waals surface area contributed by atoms with Crippen molar-refractivity contribution in [3.63, 3.8) is 0 Å². The Morgan fingerprint density at radius 2 is 1.44 bits per heavy atom. The van der Waals surface area contributed by atoms with Crippen molar-refractivity contribution in [2.45, 2.75) is 59.9 Å². The van der Waals surface area contributed by atoms with Crippen molar-refractivity contribution < 1.29 is 28.6 Å². The molecule has 7 nitrogen and oxygen atoms in total. The first-order chi connectivity index (χ1) is 12.3. The molecule has 1 amide bonds. The Bertz CT molecular complexity index is 581. The molecule has 27 heavy (non-hydrogen) atoms. The maximum absolute atomic E-state index is 11.9. The molecule has 0 aromatic heterocycles. The molecule has 0 aromatic rings. The third-order valence-electron chi connectivity index (χ3n) is 3.78. The van der Waals surface area contributed by atoms with Crippen molar-refractivity contribution in [1.29, 1.82) is 0 Å². The van der Waals surface area contributed by atoms with Crippen LogP contribution in [0.15, 0.2) is 24.3 Å². The predicted octanol–water partition coefficient (Wildman–Crippen LogP) is 3.54. The second-order valence-corrected chi connectivity index (χ2v) is 7.77. The quantitative estimate of drug-likeness (QED) is 0.333. The molecular formula is C20H33NO6. The summed E-state index contributed by atoms with van der Waals surface area (Å²) in [4.78, 5) is 35.2. The molecule has 0 radical (unpaired) electrons. The Kier molecular flexibility index (Phi) is 9.83. The molecule has 0 aliphatic carbocycles. The van der Waals surface area contributed by atoms with Gasteiger partial charge in [0.2, 0.25) is 0 Å². The number of esters is 2. The summed E-state index contributed by atoms with van der Waals surface area (Å²) >= 11 is 0. The lowest BCUT2D eigenvalue weighted by atomic mass is 9.77. The van der Waals surface area contributed by atoms with Gasteiger partial charge in [-0.2, -0.15) is 0 Å². The Morgan fingerprint density at radius 3 is 1.93 bits per heavy atom. The third-order valence-corrected chi connectivity index (χ3v) is 3.78. The molecule has 0 aromatic carbocycles. The van der Waals surface area contributed by atoms with Gasteiger partial charge in [0.1, 0.15) is 6.61 Å². The topological polar surface area (TPSA) is 90.9 Å². The lowest BCUT2D eigenvalue weighted by Crippen LogP contribution is -2.52. The molecule has 1 unspecified atom stereocenters. The van der Waals surface area contributed by atoms with Crippen LogP contribution in [0, 0.1) is 5.41 Å². The predicted molar refractivity (Wildman–Crippen MR) is 103 cm³/mol. The largest absolute Gasteiger partial charge is 0.462 e. The normalized spacial score (nSPS) is 13.1. The van der Waals surface area contributed by atoms with Crippen molar-refractivity contribution >= 4 is 18.0 Å². The van der Waals surface area contributed by atoms with Crippen LogP contribution in [-0.4, -0.2) is 43.4 Å². The molecule has 154 valence electrons. The van der Waals surface area contributed by atoms with Crippen molar-refractivity contribution in [3.8, 4) is 0 Å². The Labute approximate surface area is 162 Å². The van der Waals surface area contributed by atoms with Crippen LogP contribution < -0.4 is 5.32 Å². The highest BCUT2D eigenvalue weighted by Crippen LogP contribution is 2.32.